The molecular weight excluding hydrogens is 376 g/mol. The monoisotopic (exact) mass is 396 g/mol. The number of anilines is 1. The first-order valence-corrected chi connectivity index (χ1v) is 9.45. The maximum absolute atomic E-state index is 13.0. The quantitative estimate of drug-likeness (QED) is 0.434. The Kier molecular flexibility index (Phi) is 5.44. The van der Waals surface area contributed by atoms with E-state index in [1.807, 2.05) is 60.7 Å². The summed E-state index contributed by atoms with van der Waals surface area (Å²) in [6.45, 7) is 0. The van der Waals surface area contributed by atoms with Crippen LogP contribution in [0.1, 0.15) is 15.9 Å². The normalized spacial score (nSPS) is 11.0. The molecule has 0 spiro atoms. The molecule has 5 heteroatoms. The number of nitrogens with one attached hydrogen (secondary N) is 1. The number of carbonyl (C=O) groups is 1. The van der Waals surface area contributed by atoms with Crippen LogP contribution in [0.25, 0.3) is 10.8 Å². The Labute approximate surface area is 174 Å². The van der Waals surface area contributed by atoms with Crippen molar-refractivity contribution in [3.8, 4) is 11.5 Å². The Morgan fingerprint density at radius 2 is 1.67 bits per heavy atom. The van der Waals surface area contributed by atoms with Crippen molar-refractivity contribution < 1.29 is 14.6 Å². The number of hydrogen-bond donors (Lipinski definition) is 2. The minimum Gasteiger partial charge on any atom is -0.506 e. The number of nitrogens with zero attached hydrogens (tertiary/aromatic N) is 1. The third-order valence-corrected chi connectivity index (χ3v) is 4.76. The molecule has 0 aliphatic carbocycles. The summed E-state index contributed by atoms with van der Waals surface area (Å²) in [7, 11) is 1.54. The van der Waals surface area contributed by atoms with Crippen molar-refractivity contribution in [2.24, 2.45) is 4.99 Å². The summed E-state index contributed by atoms with van der Waals surface area (Å²) in [4.78, 5) is 17.5. The zero-order chi connectivity index (χ0) is 20.9. The van der Waals surface area contributed by atoms with Gasteiger partial charge in [0.2, 0.25) is 0 Å². The molecule has 4 aromatic carbocycles. The number of methoxy groups -OCH3 is 1. The number of ether oxygens (including phenoxy) is 1. The van der Waals surface area contributed by atoms with Gasteiger partial charge in [-0.05, 0) is 41.1 Å². The minimum absolute atomic E-state index is 0.124. The molecule has 2 N–H and O–H groups in total. The highest BCUT2D eigenvalue weighted by molar-refractivity contribution is 6.13. The molecule has 0 unspecified atom stereocenters. The molecule has 1 amide bonds. The van der Waals surface area contributed by atoms with E-state index < -0.39 is 5.91 Å². The van der Waals surface area contributed by atoms with Crippen LogP contribution in [0.2, 0.25) is 0 Å². The maximum atomic E-state index is 13.0. The number of phenolic OH excluding ortho intramolecular Hbond substituents is 1. The number of aromatic hydroxyl groups is 1. The van der Waals surface area contributed by atoms with Gasteiger partial charge in [-0.15, -0.1) is 0 Å². The lowest BCUT2D eigenvalue weighted by atomic mass is 9.99. The number of amides is 1. The average Bonchev–Trinajstić information content (AvgIpc) is 2.79. The highest BCUT2D eigenvalue weighted by Crippen LogP contribution is 2.32. The van der Waals surface area contributed by atoms with Gasteiger partial charge in [0.05, 0.1) is 24.0 Å². The lowest BCUT2D eigenvalue weighted by molar-refractivity contribution is 0.102. The van der Waals surface area contributed by atoms with Crippen LogP contribution in [-0.2, 0) is 0 Å². The molecule has 0 aliphatic heterocycles. The molecule has 0 heterocycles. The number of hydrogen-bond acceptors (Lipinski definition) is 4. The van der Waals surface area contributed by atoms with Crippen LogP contribution in [0.5, 0.6) is 11.5 Å². The fourth-order valence-corrected chi connectivity index (χ4v) is 3.26. The second kappa shape index (κ2) is 8.49. The van der Waals surface area contributed by atoms with Gasteiger partial charge in [0.25, 0.3) is 5.91 Å². The van der Waals surface area contributed by atoms with Gasteiger partial charge in [0.15, 0.2) is 0 Å². The van der Waals surface area contributed by atoms with Crippen molar-refractivity contribution in [3.63, 3.8) is 0 Å². The fraction of sp³-hybridized carbons (Fsp3) is 0.0400. The lowest BCUT2D eigenvalue weighted by Crippen LogP contribution is -2.13. The number of carbonyl (C=O) groups excluding carboxylic acids is 1. The van der Waals surface area contributed by atoms with Gasteiger partial charge >= 0.3 is 0 Å². The molecule has 0 fully saturated rings. The molecule has 30 heavy (non-hydrogen) atoms. The van der Waals surface area contributed by atoms with Crippen molar-refractivity contribution in [2.75, 3.05) is 12.4 Å². The standard InChI is InChI=1S/C25H20N2O3/c1-30-23-14-8-7-13-22(23)27-25(29)20-15-17-9-5-6-12-19(17)21(24(20)28)16-26-18-10-3-2-4-11-18/h2-16,28H,1H3,(H,27,29). The highest BCUT2D eigenvalue weighted by atomic mass is 16.5. The van der Waals surface area contributed by atoms with Gasteiger partial charge in [-0.25, -0.2) is 0 Å². The van der Waals surface area contributed by atoms with E-state index in [2.05, 4.69) is 10.3 Å². The van der Waals surface area contributed by atoms with Crippen LogP contribution < -0.4 is 10.1 Å². The van der Waals surface area contributed by atoms with Gasteiger partial charge in [0.1, 0.15) is 11.5 Å². The molecule has 4 aromatic rings. The van der Waals surface area contributed by atoms with Crippen LogP contribution >= 0.6 is 0 Å². The van der Waals surface area contributed by atoms with Gasteiger partial charge in [-0.3, -0.25) is 9.79 Å². The van der Waals surface area contributed by atoms with E-state index in [1.165, 1.54) is 7.11 Å². The van der Waals surface area contributed by atoms with E-state index in [1.54, 1.807) is 30.5 Å². The SMILES string of the molecule is COc1ccccc1NC(=O)c1cc2ccccc2c(C=Nc2ccccc2)c1O. The summed E-state index contributed by atoms with van der Waals surface area (Å²) in [6.07, 6.45) is 1.59. The van der Waals surface area contributed by atoms with Gasteiger partial charge in [-0.1, -0.05) is 54.6 Å². The van der Waals surface area contributed by atoms with Crippen molar-refractivity contribution in [2.45, 2.75) is 0 Å². The van der Waals surface area contributed by atoms with Crippen molar-refractivity contribution in [1.29, 1.82) is 0 Å². The number of fused-ring (bicyclic) bond motifs is 1. The summed E-state index contributed by atoms with van der Waals surface area (Å²) in [6, 6.07) is 25.8. The fourth-order valence-electron chi connectivity index (χ4n) is 3.26. The van der Waals surface area contributed by atoms with Gasteiger partial charge in [0, 0.05) is 11.8 Å². The third kappa shape index (κ3) is 3.86. The summed E-state index contributed by atoms with van der Waals surface area (Å²) < 4.78 is 5.30. The van der Waals surface area contributed by atoms with E-state index in [0.29, 0.717) is 17.0 Å². The van der Waals surface area contributed by atoms with Crippen LogP contribution in [0, 0.1) is 0 Å². The number of aliphatic imine (C=N–C) groups is 1. The van der Waals surface area contributed by atoms with Crippen molar-refractivity contribution in [3.05, 3.63) is 96.1 Å². The van der Waals surface area contributed by atoms with Crippen molar-refractivity contribution >= 4 is 34.3 Å². The second-order valence-electron chi connectivity index (χ2n) is 6.66. The van der Waals surface area contributed by atoms with Gasteiger partial charge < -0.3 is 15.2 Å². The zero-order valence-corrected chi connectivity index (χ0v) is 16.4. The Bertz CT molecular complexity index is 1230. The molecule has 0 saturated carbocycles. The van der Waals surface area contributed by atoms with E-state index >= 15 is 0 Å². The summed E-state index contributed by atoms with van der Waals surface area (Å²) in [5, 5.41) is 15.4. The van der Waals surface area contributed by atoms with Crippen LogP contribution in [-0.4, -0.2) is 24.3 Å². The number of phenols is 1. The van der Waals surface area contributed by atoms with Gasteiger partial charge in [-0.2, -0.15) is 0 Å². The first kappa shape index (κ1) is 19.2. The zero-order valence-electron chi connectivity index (χ0n) is 16.4. The van der Waals surface area contributed by atoms with Crippen molar-refractivity contribution in [1.82, 2.24) is 0 Å². The Morgan fingerprint density at radius 1 is 0.967 bits per heavy atom. The topological polar surface area (TPSA) is 70.9 Å². The molecule has 148 valence electrons. The lowest BCUT2D eigenvalue weighted by Gasteiger charge is -2.13. The van der Waals surface area contributed by atoms with Crippen LogP contribution in [0.15, 0.2) is 89.9 Å². The van der Waals surface area contributed by atoms with E-state index in [0.717, 1.165) is 16.5 Å². The molecule has 0 radical (unpaired) electrons. The second-order valence-corrected chi connectivity index (χ2v) is 6.66. The van der Waals surface area contributed by atoms with Crippen LogP contribution in [0.3, 0.4) is 0 Å². The first-order valence-electron chi connectivity index (χ1n) is 9.45. The largest absolute Gasteiger partial charge is 0.506 e. The smallest absolute Gasteiger partial charge is 0.259 e. The maximum Gasteiger partial charge on any atom is 0.259 e. The average molecular weight is 396 g/mol. The Hall–Kier alpha value is -4.12. The predicted molar refractivity (Wildman–Crippen MR) is 120 cm³/mol. The first-order chi connectivity index (χ1) is 14.7. The third-order valence-electron chi connectivity index (χ3n) is 4.76. The molecule has 0 aliphatic rings. The molecule has 5 nitrogen and oxygen atoms in total. The molecule has 4 rings (SSSR count). The number of rotatable bonds is 5. The molecular formula is C25H20N2O3. The Morgan fingerprint density at radius 3 is 2.47 bits per heavy atom. The van der Waals surface area contributed by atoms with Crippen LogP contribution in [0.4, 0.5) is 11.4 Å². The number of benzene rings is 4. The minimum atomic E-state index is -0.433. The summed E-state index contributed by atoms with van der Waals surface area (Å²) in [5.74, 6) is -0.0186. The Balaban J connectivity index is 1.78. The highest BCUT2D eigenvalue weighted by Gasteiger charge is 2.18. The molecule has 0 atom stereocenters. The van der Waals surface area contributed by atoms with E-state index in [4.69, 9.17) is 4.74 Å². The summed E-state index contributed by atoms with van der Waals surface area (Å²) in [5.41, 5.74) is 1.93. The summed E-state index contributed by atoms with van der Waals surface area (Å²) >= 11 is 0. The molecule has 0 bridgehead atoms. The predicted octanol–water partition coefficient (Wildman–Crippen LogP) is 5.56. The van der Waals surface area contributed by atoms with E-state index in [9.17, 15) is 9.90 Å². The molecule has 0 aromatic heterocycles. The molecule has 0 saturated heterocycles. The van der Waals surface area contributed by atoms with E-state index in [-0.39, 0.29) is 11.3 Å². The number of para-hydroxylation sites is 3.